The highest BCUT2D eigenvalue weighted by molar-refractivity contribution is 7.20. The molecule has 4 saturated carbocycles. The number of aryl methyl sites for hydroxylation is 1. The van der Waals surface area contributed by atoms with Gasteiger partial charge in [-0.05, 0) is 87.2 Å². The number of nitrogens with one attached hydrogen (secondary N) is 1. The van der Waals surface area contributed by atoms with Gasteiger partial charge in [0.15, 0.2) is 0 Å². The van der Waals surface area contributed by atoms with Crippen molar-refractivity contribution in [1.82, 2.24) is 15.1 Å². The van der Waals surface area contributed by atoms with Gasteiger partial charge in [0, 0.05) is 11.4 Å². The third kappa shape index (κ3) is 3.32. The van der Waals surface area contributed by atoms with E-state index in [1.807, 2.05) is 23.7 Å². The molecule has 7 rings (SSSR count). The average Bonchev–Trinajstić information content (AvgIpc) is 3.29. The van der Waals surface area contributed by atoms with Crippen molar-refractivity contribution in [2.75, 3.05) is 0 Å². The van der Waals surface area contributed by atoms with Crippen LogP contribution in [0.4, 0.5) is 0 Å². The minimum Gasteiger partial charge on any atom is -0.348 e. The summed E-state index contributed by atoms with van der Waals surface area (Å²) in [5.74, 6) is 2.81. The maximum absolute atomic E-state index is 13.3. The average molecular weight is 434 g/mol. The number of nitrogens with zero attached hydrogens (tertiary/aromatic N) is 2. The minimum atomic E-state index is 0.0927. The molecule has 0 saturated heterocycles. The molecule has 3 aromatic rings. The molecule has 2 aromatic heterocycles. The van der Waals surface area contributed by atoms with Crippen LogP contribution in [0.1, 0.15) is 66.4 Å². The van der Waals surface area contributed by atoms with Gasteiger partial charge in [-0.2, -0.15) is 5.10 Å². The van der Waals surface area contributed by atoms with Gasteiger partial charge in [0.2, 0.25) is 0 Å². The van der Waals surface area contributed by atoms with E-state index in [1.165, 1.54) is 44.1 Å². The Bertz CT molecular complexity index is 1090. The normalized spacial score (nSPS) is 30.1. The van der Waals surface area contributed by atoms with E-state index < -0.39 is 0 Å². The van der Waals surface area contributed by atoms with Gasteiger partial charge in [-0.15, -0.1) is 11.3 Å². The van der Waals surface area contributed by atoms with Crippen LogP contribution in [0.2, 0.25) is 0 Å². The van der Waals surface area contributed by atoms with E-state index in [0.29, 0.717) is 5.41 Å². The predicted octanol–water partition coefficient (Wildman–Crippen LogP) is 5.79. The topological polar surface area (TPSA) is 46.9 Å². The molecule has 0 aliphatic heterocycles. The van der Waals surface area contributed by atoms with Crippen molar-refractivity contribution in [3.63, 3.8) is 0 Å². The zero-order chi connectivity index (χ0) is 21.2. The zero-order valence-corrected chi connectivity index (χ0v) is 19.3. The molecule has 2 heterocycles. The predicted molar refractivity (Wildman–Crippen MR) is 125 cm³/mol. The molecule has 1 aromatic carbocycles. The summed E-state index contributed by atoms with van der Waals surface area (Å²) in [4.78, 5) is 15.2. The maximum atomic E-state index is 13.3. The fourth-order valence-corrected chi connectivity index (χ4v) is 8.28. The van der Waals surface area contributed by atoms with Gasteiger partial charge in [0.05, 0.1) is 17.1 Å². The van der Waals surface area contributed by atoms with E-state index in [4.69, 9.17) is 5.10 Å². The molecule has 1 N–H and O–H groups in total. The molecular weight excluding hydrogens is 402 g/mol. The quantitative estimate of drug-likeness (QED) is 0.554. The van der Waals surface area contributed by atoms with Crippen molar-refractivity contribution in [3.05, 3.63) is 52.5 Å². The highest BCUT2D eigenvalue weighted by atomic mass is 32.1. The number of thiophene rings is 1. The van der Waals surface area contributed by atoms with Gasteiger partial charge in [-0.3, -0.25) is 9.48 Å². The molecule has 4 bridgehead atoms. The number of fused-ring (bicyclic) bond motifs is 1. The summed E-state index contributed by atoms with van der Waals surface area (Å²) in [7, 11) is 0. The van der Waals surface area contributed by atoms with Crippen LogP contribution in [0.15, 0.2) is 36.4 Å². The van der Waals surface area contributed by atoms with Crippen molar-refractivity contribution < 1.29 is 4.79 Å². The smallest absolute Gasteiger partial charge is 0.261 e. The first kappa shape index (κ1) is 19.5. The van der Waals surface area contributed by atoms with Gasteiger partial charge in [0.1, 0.15) is 4.83 Å². The van der Waals surface area contributed by atoms with Crippen LogP contribution in [-0.4, -0.2) is 21.7 Å². The van der Waals surface area contributed by atoms with E-state index in [9.17, 15) is 4.79 Å². The van der Waals surface area contributed by atoms with Crippen molar-refractivity contribution in [1.29, 1.82) is 0 Å². The lowest BCUT2D eigenvalue weighted by Crippen LogP contribution is -2.55. The Balaban J connectivity index is 1.23. The Hall–Kier alpha value is -2.14. The SMILES string of the molecule is Cc1nn(Cc2ccccc2)c2sc(C(=O)N[C@@H](C)C34CC5CC(CC(C5)C3)C4)cc12. The summed E-state index contributed by atoms with van der Waals surface area (Å²) in [5.41, 5.74) is 2.55. The monoisotopic (exact) mass is 433 g/mol. The van der Waals surface area contributed by atoms with E-state index in [-0.39, 0.29) is 11.9 Å². The lowest BCUT2D eigenvalue weighted by Gasteiger charge is -2.59. The second-order valence-electron chi connectivity index (χ2n) is 10.5. The van der Waals surface area contributed by atoms with Crippen LogP contribution >= 0.6 is 11.3 Å². The number of carbonyl (C=O) groups is 1. The first-order valence-electron chi connectivity index (χ1n) is 11.8. The van der Waals surface area contributed by atoms with E-state index in [0.717, 1.165) is 45.1 Å². The largest absolute Gasteiger partial charge is 0.348 e. The van der Waals surface area contributed by atoms with Crippen LogP contribution in [0.25, 0.3) is 10.2 Å². The van der Waals surface area contributed by atoms with E-state index >= 15 is 0 Å². The molecule has 0 radical (unpaired) electrons. The fraction of sp³-hybridized carbons (Fsp3) is 0.538. The van der Waals surface area contributed by atoms with Crippen molar-refractivity contribution in [2.45, 2.75) is 65.0 Å². The lowest BCUT2D eigenvalue weighted by molar-refractivity contribution is -0.0687. The zero-order valence-electron chi connectivity index (χ0n) is 18.4. The summed E-state index contributed by atoms with van der Waals surface area (Å²) in [6.45, 7) is 5.04. The summed E-state index contributed by atoms with van der Waals surface area (Å²) >= 11 is 1.58. The summed E-state index contributed by atoms with van der Waals surface area (Å²) in [6.07, 6.45) is 8.27. The standard InChI is InChI=1S/C26H31N3OS/c1-16-22-11-23(31-25(22)29(28-16)15-18-6-4-3-5-7-18)24(30)27-17(2)26-12-19-8-20(13-26)10-21(9-19)14-26/h3-7,11,17,19-21H,8-10,12-15H2,1-2H3,(H,27,30)/t17-,19?,20?,21?,26?/m0/s1. The molecule has 162 valence electrons. The molecule has 1 amide bonds. The molecule has 31 heavy (non-hydrogen) atoms. The number of aromatic nitrogens is 2. The molecule has 4 aliphatic carbocycles. The van der Waals surface area contributed by atoms with Crippen LogP contribution in [-0.2, 0) is 6.54 Å². The molecule has 0 unspecified atom stereocenters. The molecule has 4 aliphatic rings. The Morgan fingerprint density at radius 3 is 2.45 bits per heavy atom. The number of amides is 1. The molecule has 0 spiro atoms. The number of hydrogen-bond donors (Lipinski definition) is 1. The van der Waals surface area contributed by atoms with Crippen molar-refractivity contribution in [2.24, 2.45) is 23.2 Å². The molecular formula is C26H31N3OS. The van der Waals surface area contributed by atoms with Gasteiger partial charge in [0.25, 0.3) is 5.91 Å². The number of carbonyl (C=O) groups excluding carboxylic acids is 1. The molecule has 4 fully saturated rings. The van der Waals surface area contributed by atoms with Gasteiger partial charge in [-0.1, -0.05) is 30.3 Å². The first-order chi connectivity index (χ1) is 15.0. The van der Waals surface area contributed by atoms with E-state index in [2.05, 4.69) is 36.5 Å². The summed E-state index contributed by atoms with van der Waals surface area (Å²) in [6, 6.07) is 12.7. The maximum Gasteiger partial charge on any atom is 0.261 e. The van der Waals surface area contributed by atoms with E-state index in [1.54, 1.807) is 11.3 Å². The second kappa shape index (κ2) is 7.19. The fourth-order valence-electron chi connectivity index (χ4n) is 7.22. The summed E-state index contributed by atoms with van der Waals surface area (Å²) in [5, 5.41) is 9.27. The molecule has 5 heteroatoms. The van der Waals surface area contributed by atoms with Crippen LogP contribution in [0, 0.1) is 30.1 Å². The minimum absolute atomic E-state index is 0.0927. The third-order valence-corrected chi connectivity index (χ3v) is 9.51. The summed E-state index contributed by atoms with van der Waals surface area (Å²) < 4.78 is 2.05. The third-order valence-electron chi connectivity index (χ3n) is 8.36. The Morgan fingerprint density at radius 2 is 1.81 bits per heavy atom. The number of benzene rings is 1. The Kier molecular flexibility index (Phi) is 4.53. The highest BCUT2D eigenvalue weighted by Crippen LogP contribution is 2.61. The highest BCUT2D eigenvalue weighted by Gasteiger charge is 2.53. The van der Waals surface area contributed by atoms with Crippen molar-refractivity contribution >= 4 is 27.5 Å². The first-order valence-corrected chi connectivity index (χ1v) is 12.6. The van der Waals surface area contributed by atoms with Gasteiger partial charge >= 0.3 is 0 Å². The number of rotatable bonds is 5. The van der Waals surface area contributed by atoms with Crippen LogP contribution in [0.5, 0.6) is 0 Å². The van der Waals surface area contributed by atoms with Crippen molar-refractivity contribution in [3.8, 4) is 0 Å². The Labute approximate surface area is 188 Å². The molecule has 1 atom stereocenters. The second-order valence-corrected chi connectivity index (χ2v) is 11.6. The van der Waals surface area contributed by atoms with Gasteiger partial charge < -0.3 is 5.32 Å². The lowest BCUT2D eigenvalue weighted by atomic mass is 9.48. The van der Waals surface area contributed by atoms with Crippen LogP contribution in [0.3, 0.4) is 0 Å². The Morgan fingerprint density at radius 1 is 1.16 bits per heavy atom. The number of hydrogen-bond acceptors (Lipinski definition) is 3. The molecule has 4 nitrogen and oxygen atoms in total. The van der Waals surface area contributed by atoms with Crippen LogP contribution < -0.4 is 5.32 Å². The van der Waals surface area contributed by atoms with Gasteiger partial charge in [-0.25, -0.2) is 0 Å².